The summed E-state index contributed by atoms with van der Waals surface area (Å²) in [7, 11) is 0. The number of benzene rings is 2. The van der Waals surface area contributed by atoms with Crippen molar-refractivity contribution in [3.8, 4) is 10.4 Å². The van der Waals surface area contributed by atoms with Crippen molar-refractivity contribution in [1.82, 2.24) is 4.98 Å². The summed E-state index contributed by atoms with van der Waals surface area (Å²) < 4.78 is 7.08. The first-order valence-electron chi connectivity index (χ1n) is 7.93. The summed E-state index contributed by atoms with van der Waals surface area (Å²) in [5, 5.41) is 6.20. The molecule has 0 atom stereocenters. The summed E-state index contributed by atoms with van der Waals surface area (Å²) in [6.07, 6.45) is 3.28. The van der Waals surface area contributed by atoms with E-state index >= 15 is 0 Å². The van der Waals surface area contributed by atoms with Crippen molar-refractivity contribution < 1.29 is 4.42 Å². The maximum Gasteiger partial charge on any atom is 0.345 e. The third kappa shape index (κ3) is 4.20. The Hall–Kier alpha value is -2.00. The largest absolute Gasteiger partial charge is 0.421 e. The van der Waals surface area contributed by atoms with Gasteiger partial charge in [0.25, 0.3) is 0 Å². The molecule has 2 aromatic carbocycles. The SMILES string of the molecule is O=c1oc2c(Br)cc(Br)cc2cc1-c1cnc(N/N=C\c2ccc(Cl)cc2)s1. The van der Waals surface area contributed by atoms with Crippen molar-refractivity contribution >= 4 is 77.1 Å². The van der Waals surface area contributed by atoms with Gasteiger partial charge in [0.15, 0.2) is 5.58 Å². The first-order valence-corrected chi connectivity index (χ1v) is 10.7. The predicted molar refractivity (Wildman–Crippen MR) is 122 cm³/mol. The van der Waals surface area contributed by atoms with Gasteiger partial charge in [0, 0.05) is 21.1 Å². The van der Waals surface area contributed by atoms with Gasteiger partial charge in [-0.1, -0.05) is 51.0 Å². The number of hydrogen-bond acceptors (Lipinski definition) is 6. The van der Waals surface area contributed by atoms with E-state index in [9.17, 15) is 4.79 Å². The highest BCUT2D eigenvalue weighted by atomic mass is 79.9. The molecule has 4 rings (SSSR count). The Bertz CT molecular complexity index is 1250. The highest BCUT2D eigenvalue weighted by molar-refractivity contribution is 9.11. The molecule has 0 unspecified atom stereocenters. The second-order valence-corrected chi connectivity index (χ2v) is 8.94. The van der Waals surface area contributed by atoms with Crippen LogP contribution in [0.1, 0.15) is 5.56 Å². The first kappa shape index (κ1) is 19.3. The molecule has 2 aromatic heterocycles. The summed E-state index contributed by atoms with van der Waals surface area (Å²) >= 11 is 14.0. The number of aromatic nitrogens is 1. The van der Waals surface area contributed by atoms with Gasteiger partial charge in [-0.25, -0.2) is 9.78 Å². The monoisotopic (exact) mass is 537 g/mol. The van der Waals surface area contributed by atoms with Crippen LogP contribution in [0.5, 0.6) is 0 Å². The standard InChI is InChI=1S/C19H10Br2ClN3O2S/c20-12-5-11-6-14(18(26)27-17(11)15(21)7-12)16-9-23-19(28-16)25-24-8-10-1-3-13(22)4-2-10/h1-9H,(H,23,25)/b24-8-. The highest BCUT2D eigenvalue weighted by Crippen LogP contribution is 2.32. The molecule has 0 spiro atoms. The lowest BCUT2D eigenvalue weighted by Crippen LogP contribution is -2.01. The van der Waals surface area contributed by atoms with Gasteiger partial charge in [-0.05, 0) is 51.8 Å². The molecule has 0 aliphatic heterocycles. The molecule has 28 heavy (non-hydrogen) atoms. The summed E-state index contributed by atoms with van der Waals surface area (Å²) in [6, 6.07) is 12.8. The Morgan fingerprint density at radius 1 is 1.18 bits per heavy atom. The van der Waals surface area contributed by atoms with Gasteiger partial charge in [0.1, 0.15) is 0 Å². The number of nitrogens with zero attached hydrogens (tertiary/aromatic N) is 2. The minimum atomic E-state index is -0.421. The van der Waals surface area contributed by atoms with Gasteiger partial charge < -0.3 is 4.42 Å². The molecular formula is C19H10Br2ClN3O2S. The van der Waals surface area contributed by atoms with Crippen LogP contribution in [0.4, 0.5) is 5.13 Å². The maximum atomic E-state index is 12.4. The van der Waals surface area contributed by atoms with E-state index in [4.69, 9.17) is 16.0 Å². The zero-order valence-electron chi connectivity index (χ0n) is 13.9. The van der Waals surface area contributed by atoms with Crippen molar-refractivity contribution in [1.29, 1.82) is 0 Å². The molecule has 9 heteroatoms. The maximum absolute atomic E-state index is 12.4. The first-order chi connectivity index (χ1) is 13.5. The lowest BCUT2D eigenvalue weighted by Gasteiger charge is -2.03. The van der Waals surface area contributed by atoms with Crippen molar-refractivity contribution in [2.24, 2.45) is 5.10 Å². The third-order valence-electron chi connectivity index (χ3n) is 3.77. The zero-order valence-corrected chi connectivity index (χ0v) is 18.7. The Labute approximate surface area is 185 Å². The van der Waals surface area contributed by atoms with Crippen LogP contribution < -0.4 is 11.1 Å². The van der Waals surface area contributed by atoms with Crippen molar-refractivity contribution in [2.45, 2.75) is 0 Å². The molecule has 0 aliphatic carbocycles. The van der Waals surface area contributed by atoms with Crippen LogP contribution >= 0.6 is 54.8 Å². The van der Waals surface area contributed by atoms with E-state index in [0.29, 0.717) is 30.7 Å². The lowest BCUT2D eigenvalue weighted by atomic mass is 10.2. The second kappa shape index (κ2) is 8.16. The molecule has 4 aromatic rings. The van der Waals surface area contributed by atoms with E-state index in [-0.39, 0.29) is 0 Å². The predicted octanol–water partition coefficient (Wildman–Crippen LogP) is 6.54. The van der Waals surface area contributed by atoms with E-state index in [1.54, 1.807) is 30.6 Å². The van der Waals surface area contributed by atoms with Gasteiger partial charge in [0.2, 0.25) is 5.13 Å². The second-order valence-electron chi connectivity index (χ2n) is 5.70. The number of fused-ring (bicyclic) bond motifs is 1. The topological polar surface area (TPSA) is 67.5 Å². The van der Waals surface area contributed by atoms with Crippen LogP contribution in [-0.4, -0.2) is 11.2 Å². The average molecular weight is 540 g/mol. The fourth-order valence-corrected chi connectivity index (χ4v) is 4.73. The highest BCUT2D eigenvalue weighted by Gasteiger charge is 2.13. The average Bonchev–Trinajstić information content (AvgIpc) is 3.12. The molecule has 0 radical (unpaired) electrons. The molecule has 0 fully saturated rings. The van der Waals surface area contributed by atoms with E-state index in [1.807, 2.05) is 24.3 Å². The molecule has 0 aliphatic rings. The fourth-order valence-electron chi connectivity index (χ4n) is 2.49. The Morgan fingerprint density at radius 3 is 2.75 bits per heavy atom. The number of hydrogen-bond donors (Lipinski definition) is 1. The number of nitrogens with one attached hydrogen (secondary N) is 1. The summed E-state index contributed by atoms with van der Waals surface area (Å²) in [5.41, 5.74) is 4.31. The molecule has 0 saturated carbocycles. The van der Waals surface area contributed by atoms with Crippen LogP contribution in [0.15, 0.2) is 71.9 Å². The number of hydrazone groups is 1. The molecular weight excluding hydrogens is 530 g/mol. The molecule has 1 N–H and O–H groups in total. The number of thiazole rings is 1. The van der Waals surface area contributed by atoms with Crippen LogP contribution in [0.3, 0.4) is 0 Å². The minimum absolute atomic E-state index is 0.421. The van der Waals surface area contributed by atoms with E-state index in [2.05, 4.69) is 47.4 Å². The van der Waals surface area contributed by atoms with E-state index in [0.717, 1.165) is 15.4 Å². The normalized spacial score (nSPS) is 11.4. The summed E-state index contributed by atoms with van der Waals surface area (Å²) in [6.45, 7) is 0. The quantitative estimate of drug-likeness (QED) is 0.182. The Balaban J connectivity index is 1.59. The van der Waals surface area contributed by atoms with Crippen LogP contribution in [0, 0.1) is 0 Å². The number of rotatable bonds is 4. The Morgan fingerprint density at radius 2 is 1.96 bits per heavy atom. The molecule has 5 nitrogen and oxygen atoms in total. The van der Waals surface area contributed by atoms with Gasteiger partial charge in [-0.3, -0.25) is 5.43 Å². The molecule has 140 valence electrons. The van der Waals surface area contributed by atoms with Crippen LogP contribution in [-0.2, 0) is 0 Å². The van der Waals surface area contributed by atoms with Gasteiger partial charge in [0.05, 0.1) is 21.1 Å². The smallest absolute Gasteiger partial charge is 0.345 e. The van der Waals surface area contributed by atoms with E-state index in [1.165, 1.54) is 11.3 Å². The van der Waals surface area contributed by atoms with Crippen molar-refractivity contribution in [3.05, 3.63) is 78.6 Å². The van der Waals surface area contributed by atoms with Crippen LogP contribution in [0.2, 0.25) is 5.02 Å². The fraction of sp³-hybridized carbons (Fsp3) is 0. The number of halogens is 3. The summed E-state index contributed by atoms with van der Waals surface area (Å²) in [5.74, 6) is 0. The van der Waals surface area contributed by atoms with Crippen LogP contribution in [0.25, 0.3) is 21.4 Å². The van der Waals surface area contributed by atoms with Gasteiger partial charge >= 0.3 is 5.63 Å². The Kier molecular flexibility index (Phi) is 5.63. The summed E-state index contributed by atoms with van der Waals surface area (Å²) in [4.78, 5) is 17.4. The third-order valence-corrected chi connectivity index (χ3v) is 6.00. The lowest BCUT2D eigenvalue weighted by molar-refractivity contribution is 0.562. The van der Waals surface area contributed by atoms with Crippen molar-refractivity contribution in [3.63, 3.8) is 0 Å². The molecule has 2 heterocycles. The molecule has 0 amide bonds. The minimum Gasteiger partial charge on any atom is -0.421 e. The zero-order chi connectivity index (χ0) is 19.7. The van der Waals surface area contributed by atoms with Crippen molar-refractivity contribution in [2.75, 3.05) is 5.43 Å². The van der Waals surface area contributed by atoms with E-state index < -0.39 is 5.63 Å². The van der Waals surface area contributed by atoms with Gasteiger partial charge in [-0.2, -0.15) is 5.10 Å². The number of anilines is 1. The molecule has 0 bridgehead atoms. The van der Waals surface area contributed by atoms with Gasteiger partial charge in [-0.15, -0.1) is 0 Å². The molecule has 0 saturated heterocycles.